The van der Waals surface area contributed by atoms with Crippen LogP contribution in [0.15, 0.2) is 0 Å². The molecular weight excluding hydrogens is 480 g/mol. The van der Waals surface area contributed by atoms with Gasteiger partial charge in [-0.25, -0.2) is 4.79 Å². The zero-order valence-corrected chi connectivity index (χ0v) is 22.9. The highest BCUT2D eigenvalue weighted by Gasteiger charge is 2.28. The Kier molecular flexibility index (Phi) is 13.3. The predicted octanol–water partition coefficient (Wildman–Crippen LogP) is -1.07. The molecule has 12 nitrogen and oxygen atoms in total. The van der Waals surface area contributed by atoms with Crippen LogP contribution in [0.2, 0.25) is 0 Å². The van der Waals surface area contributed by atoms with Crippen LogP contribution in [0.25, 0.3) is 0 Å². The fraction of sp³-hybridized carbons (Fsp3) is 0.800. The number of carbonyl (C=O) groups excluding carboxylic acids is 5. The molecule has 1 amide bonds. The van der Waals surface area contributed by atoms with Crippen LogP contribution in [0.1, 0.15) is 27.7 Å². The number of amides is 1. The number of hydrogen-bond acceptors (Lipinski definition) is 11. The normalized spacial score (nSPS) is 21.7. The van der Waals surface area contributed by atoms with Crippen molar-refractivity contribution in [2.75, 3.05) is 98.4 Å². The van der Waals surface area contributed by atoms with Crippen LogP contribution in [0.5, 0.6) is 0 Å². The summed E-state index contributed by atoms with van der Waals surface area (Å²) >= 11 is 0. The number of carbonyl (C=O) groups is 5. The average Bonchev–Trinajstić information content (AvgIpc) is 3.33. The Bertz CT molecular complexity index is 803. The molecule has 0 spiro atoms. The number of ether oxygens (including phenoxy) is 1. The van der Waals surface area contributed by atoms with Crippen LogP contribution in [-0.2, 0) is 23.9 Å². The molecule has 1 unspecified atom stereocenters. The van der Waals surface area contributed by atoms with E-state index in [1.54, 1.807) is 18.7 Å². The van der Waals surface area contributed by atoms with Gasteiger partial charge in [-0.3, -0.25) is 49.0 Å². The van der Waals surface area contributed by atoms with Crippen molar-refractivity contribution in [1.82, 2.24) is 29.8 Å². The fourth-order valence-electron chi connectivity index (χ4n) is 4.73. The van der Waals surface area contributed by atoms with E-state index >= 15 is 0 Å². The highest BCUT2D eigenvalue weighted by molar-refractivity contribution is 5.78. The summed E-state index contributed by atoms with van der Waals surface area (Å²) < 4.78 is 5.68. The first-order valence-corrected chi connectivity index (χ1v) is 13.0. The minimum Gasteiger partial charge on any atom is -0.448 e. The first-order chi connectivity index (χ1) is 17.5. The summed E-state index contributed by atoms with van der Waals surface area (Å²) in [6, 6.07) is -0.331. The molecule has 37 heavy (non-hydrogen) atoms. The van der Waals surface area contributed by atoms with Crippen molar-refractivity contribution in [3.63, 3.8) is 0 Å². The van der Waals surface area contributed by atoms with E-state index in [2.05, 4.69) is 5.32 Å². The molecule has 2 saturated heterocycles. The molecular formula is C25H44N6O6. The van der Waals surface area contributed by atoms with Gasteiger partial charge >= 0.3 is 6.09 Å². The van der Waals surface area contributed by atoms with Crippen LogP contribution in [0.3, 0.4) is 0 Å². The molecule has 0 aliphatic carbocycles. The number of ketones is 4. The number of Topliss-reactive ketones (excluding diaryl/α,β-unsaturated/α-hetero) is 4. The Morgan fingerprint density at radius 1 is 0.676 bits per heavy atom. The molecule has 0 saturated carbocycles. The lowest BCUT2D eigenvalue weighted by atomic mass is 10.2. The van der Waals surface area contributed by atoms with Crippen LogP contribution in [0.4, 0.5) is 4.79 Å². The van der Waals surface area contributed by atoms with Crippen molar-refractivity contribution in [3.8, 4) is 0 Å². The van der Waals surface area contributed by atoms with Crippen LogP contribution < -0.4 is 5.32 Å². The Hall–Kier alpha value is -2.25. The molecule has 2 aliphatic heterocycles. The van der Waals surface area contributed by atoms with Gasteiger partial charge in [0.25, 0.3) is 0 Å². The predicted molar refractivity (Wildman–Crippen MR) is 138 cm³/mol. The van der Waals surface area contributed by atoms with E-state index in [9.17, 15) is 24.0 Å². The maximum atomic E-state index is 12.6. The number of rotatable bonds is 10. The van der Waals surface area contributed by atoms with Crippen molar-refractivity contribution >= 4 is 29.2 Å². The molecule has 0 bridgehead atoms. The van der Waals surface area contributed by atoms with Gasteiger partial charge in [0, 0.05) is 58.9 Å². The Morgan fingerprint density at radius 2 is 1.16 bits per heavy atom. The lowest BCUT2D eigenvalue weighted by Crippen LogP contribution is -2.54. The molecule has 210 valence electrons. The highest BCUT2D eigenvalue weighted by atomic mass is 16.6. The lowest BCUT2D eigenvalue weighted by molar-refractivity contribution is -0.121. The van der Waals surface area contributed by atoms with E-state index in [0.717, 1.165) is 0 Å². The zero-order valence-electron chi connectivity index (χ0n) is 22.9. The molecule has 2 heterocycles. The van der Waals surface area contributed by atoms with Gasteiger partial charge in [-0.1, -0.05) is 0 Å². The maximum Gasteiger partial charge on any atom is 0.410 e. The molecule has 0 aromatic rings. The van der Waals surface area contributed by atoms with Gasteiger partial charge in [0.15, 0.2) is 0 Å². The van der Waals surface area contributed by atoms with E-state index in [1.165, 1.54) is 13.8 Å². The second kappa shape index (κ2) is 15.9. The third-order valence-corrected chi connectivity index (χ3v) is 6.44. The van der Waals surface area contributed by atoms with Crippen molar-refractivity contribution < 1.29 is 28.7 Å². The molecule has 2 aliphatic rings. The first kappa shape index (κ1) is 31.0. The first-order valence-electron chi connectivity index (χ1n) is 13.0. The van der Waals surface area contributed by atoms with Crippen molar-refractivity contribution in [1.29, 1.82) is 0 Å². The second-order valence-electron chi connectivity index (χ2n) is 10.2. The second-order valence-corrected chi connectivity index (χ2v) is 10.2. The molecule has 2 rings (SSSR count). The van der Waals surface area contributed by atoms with Gasteiger partial charge in [0.1, 0.15) is 29.7 Å². The summed E-state index contributed by atoms with van der Waals surface area (Å²) in [5.41, 5.74) is 0. The molecule has 1 N–H and O–H groups in total. The standard InChI is InChI=1S/C25H44N6O6/c1-20(32)13-27-7-8-28(14-21(2)33)11-12-30(16-23(4)35)24(17-29(10-9-27)15-22(3)34)18-37-25(36)31-6-5-26-19-31/h24,26H,5-19H2,1-4H3. The van der Waals surface area contributed by atoms with Crippen LogP contribution in [-0.4, -0.2) is 158 Å². The molecule has 12 heteroatoms. The lowest BCUT2D eigenvalue weighted by Gasteiger charge is -2.38. The largest absolute Gasteiger partial charge is 0.448 e. The summed E-state index contributed by atoms with van der Waals surface area (Å²) in [5.74, 6) is 0.0868. The summed E-state index contributed by atoms with van der Waals surface area (Å²) in [6.45, 7) is 12.7. The molecule has 1 atom stereocenters. The Labute approximate surface area is 220 Å². The van der Waals surface area contributed by atoms with Gasteiger partial charge in [-0.05, 0) is 27.7 Å². The maximum absolute atomic E-state index is 12.6. The van der Waals surface area contributed by atoms with Crippen molar-refractivity contribution in [2.24, 2.45) is 0 Å². The molecule has 0 aromatic heterocycles. The fourth-order valence-corrected chi connectivity index (χ4v) is 4.73. The van der Waals surface area contributed by atoms with Crippen molar-refractivity contribution in [2.45, 2.75) is 33.7 Å². The van der Waals surface area contributed by atoms with Gasteiger partial charge in [-0.15, -0.1) is 0 Å². The topological polar surface area (TPSA) is 123 Å². The van der Waals surface area contributed by atoms with E-state index < -0.39 is 6.09 Å². The number of nitrogens with one attached hydrogen (secondary N) is 1. The zero-order chi connectivity index (χ0) is 27.4. The Balaban J connectivity index is 2.29. The smallest absolute Gasteiger partial charge is 0.410 e. The third kappa shape index (κ3) is 12.2. The minimum absolute atomic E-state index is 0.00912. The molecule has 0 radical (unpaired) electrons. The molecule has 2 fully saturated rings. The van der Waals surface area contributed by atoms with Gasteiger partial charge in [-0.2, -0.15) is 0 Å². The minimum atomic E-state index is -0.414. The third-order valence-electron chi connectivity index (χ3n) is 6.44. The van der Waals surface area contributed by atoms with E-state index in [-0.39, 0.29) is 55.4 Å². The summed E-state index contributed by atoms with van der Waals surface area (Å²) in [7, 11) is 0. The quantitative estimate of drug-likeness (QED) is 0.376. The van der Waals surface area contributed by atoms with E-state index in [4.69, 9.17) is 4.74 Å². The molecule has 0 aromatic carbocycles. The van der Waals surface area contributed by atoms with Gasteiger partial charge in [0.05, 0.1) is 38.9 Å². The summed E-state index contributed by atoms with van der Waals surface area (Å²) in [4.78, 5) is 70.4. The highest BCUT2D eigenvalue weighted by Crippen LogP contribution is 2.10. The Morgan fingerprint density at radius 3 is 1.65 bits per heavy atom. The average molecular weight is 525 g/mol. The van der Waals surface area contributed by atoms with Crippen LogP contribution >= 0.6 is 0 Å². The summed E-state index contributed by atoms with van der Waals surface area (Å²) in [5, 5.41) is 3.10. The van der Waals surface area contributed by atoms with E-state index in [0.29, 0.717) is 72.1 Å². The number of nitrogens with zero attached hydrogens (tertiary/aromatic N) is 5. The summed E-state index contributed by atoms with van der Waals surface area (Å²) in [6.07, 6.45) is -0.414. The van der Waals surface area contributed by atoms with Crippen molar-refractivity contribution in [3.05, 3.63) is 0 Å². The number of hydrogen-bond donors (Lipinski definition) is 1. The van der Waals surface area contributed by atoms with E-state index in [1.807, 2.05) is 19.6 Å². The van der Waals surface area contributed by atoms with Gasteiger partial charge in [0.2, 0.25) is 0 Å². The van der Waals surface area contributed by atoms with Gasteiger partial charge < -0.3 is 4.74 Å². The monoisotopic (exact) mass is 524 g/mol. The van der Waals surface area contributed by atoms with Crippen LogP contribution in [0, 0.1) is 0 Å². The SMILES string of the molecule is CC(=O)CN1CCN(CC(C)=O)CCN(CC(C)=O)C(COC(=O)N2CCNC2)CN(CC(C)=O)CC1.